The Morgan fingerprint density at radius 1 is 1.21 bits per heavy atom. The molecule has 4 heterocycles. The van der Waals surface area contributed by atoms with E-state index in [2.05, 4.69) is 21.0 Å². The van der Waals surface area contributed by atoms with Gasteiger partial charge in [-0.25, -0.2) is 9.67 Å². The Labute approximate surface area is 164 Å². The Kier molecular flexibility index (Phi) is 5.37. The van der Waals surface area contributed by atoms with E-state index in [1.165, 1.54) is 4.68 Å². The lowest BCUT2D eigenvalue weighted by Crippen LogP contribution is -2.48. The summed E-state index contributed by atoms with van der Waals surface area (Å²) in [6.07, 6.45) is 0.798. The molecule has 2 aromatic rings. The largest absolute Gasteiger partial charge is 0.376 e. The van der Waals surface area contributed by atoms with Crippen LogP contribution in [0.5, 0.6) is 0 Å². The monoisotopic (exact) mass is 380 g/mol. The maximum atomic E-state index is 11.9. The number of nitrogens with zero attached hydrogens (tertiary/aromatic N) is 6. The number of piperazine rings is 1. The lowest BCUT2D eigenvalue weighted by molar-refractivity contribution is 0.109. The van der Waals surface area contributed by atoms with Crippen molar-refractivity contribution in [1.29, 1.82) is 5.26 Å². The molecule has 8 nitrogen and oxygen atoms in total. The average Bonchev–Trinajstić information content (AvgIpc) is 2.74. The number of pyridine rings is 1. The smallest absolute Gasteiger partial charge is 0.266 e. The SMILES string of the molecule is Cc1ccc(=O)n(CCN2CCN(c3nc4c(cc3C#N)COCC4)CC2)n1. The second-order valence-corrected chi connectivity index (χ2v) is 7.24. The number of hydrogen-bond donors (Lipinski definition) is 0. The molecule has 0 bridgehead atoms. The van der Waals surface area contributed by atoms with Crippen LogP contribution in [0.4, 0.5) is 5.82 Å². The van der Waals surface area contributed by atoms with Crippen LogP contribution < -0.4 is 10.5 Å². The van der Waals surface area contributed by atoms with Gasteiger partial charge in [0.05, 0.1) is 36.7 Å². The average molecular weight is 380 g/mol. The van der Waals surface area contributed by atoms with Crippen LogP contribution in [0.15, 0.2) is 23.0 Å². The van der Waals surface area contributed by atoms with Gasteiger partial charge in [-0.05, 0) is 19.1 Å². The van der Waals surface area contributed by atoms with Crippen LogP contribution in [-0.2, 0) is 24.3 Å². The summed E-state index contributed by atoms with van der Waals surface area (Å²) in [5.74, 6) is 0.791. The molecule has 0 amide bonds. The highest BCUT2D eigenvalue weighted by Crippen LogP contribution is 2.25. The van der Waals surface area contributed by atoms with Crippen molar-refractivity contribution < 1.29 is 4.74 Å². The van der Waals surface area contributed by atoms with Crippen molar-refractivity contribution in [3.63, 3.8) is 0 Å². The van der Waals surface area contributed by atoms with Crippen molar-refractivity contribution >= 4 is 5.82 Å². The molecule has 8 heteroatoms. The van der Waals surface area contributed by atoms with Gasteiger partial charge in [-0.3, -0.25) is 9.69 Å². The molecule has 0 radical (unpaired) electrons. The van der Waals surface area contributed by atoms with Crippen LogP contribution >= 0.6 is 0 Å². The van der Waals surface area contributed by atoms with Crippen LogP contribution in [0.1, 0.15) is 22.5 Å². The van der Waals surface area contributed by atoms with E-state index in [1.807, 2.05) is 13.0 Å². The first-order valence-electron chi connectivity index (χ1n) is 9.67. The summed E-state index contributed by atoms with van der Waals surface area (Å²) in [5, 5.41) is 13.8. The molecule has 2 aliphatic heterocycles. The van der Waals surface area contributed by atoms with Crippen molar-refractivity contribution in [1.82, 2.24) is 19.7 Å². The van der Waals surface area contributed by atoms with Crippen LogP contribution in [0.2, 0.25) is 0 Å². The standard InChI is InChI=1S/C20H24N6O2/c1-15-2-3-19(27)26(23-15)10-7-24-5-8-25(9-6-24)20-16(13-21)12-17-14-28-11-4-18(17)22-20/h2-3,12H,4-11,14H2,1H3. The molecular weight excluding hydrogens is 356 g/mol. The first-order valence-corrected chi connectivity index (χ1v) is 9.67. The fourth-order valence-electron chi connectivity index (χ4n) is 3.73. The summed E-state index contributed by atoms with van der Waals surface area (Å²) in [7, 11) is 0. The second kappa shape index (κ2) is 8.09. The zero-order valence-electron chi connectivity index (χ0n) is 16.1. The first kappa shape index (κ1) is 18.6. The normalized spacial score (nSPS) is 17.2. The molecule has 1 saturated heterocycles. The fraction of sp³-hybridized carbons (Fsp3) is 0.500. The zero-order valence-corrected chi connectivity index (χ0v) is 16.1. The number of ether oxygens (including phenoxy) is 1. The van der Waals surface area contributed by atoms with E-state index in [0.717, 1.165) is 61.9 Å². The summed E-state index contributed by atoms with van der Waals surface area (Å²) in [5.41, 5.74) is 3.48. The Hall–Kier alpha value is -2.76. The Balaban J connectivity index is 1.40. The van der Waals surface area contributed by atoms with Gasteiger partial charge in [-0.1, -0.05) is 0 Å². The van der Waals surface area contributed by atoms with Crippen LogP contribution in [0.3, 0.4) is 0 Å². The number of fused-ring (bicyclic) bond motifs is 1. The van der Waals surface area contributed by atoms with Crippen molar-refractivity contribution in [2.24, 2.45) is 0 Å². The van der Waals surface area contributed by atoms with Gasteiger partial charge in [0.25, 0.3) is 5.56 Å². The van der Waals surface area contributed by atoms with Crippen LogP contribution in [0, 0.1) is 18.3 Å². The first-order chi connectivity index (χ1) is 13.6. The van der Waals surface area contributed by atoms with E-state index < -0.39 is 0 Å². The molecule has 0 atom stereocenters. The maximum Gasteiger partial charge on any atom is 0.266 e. The van der Waals surface area contributed by atoms with E-state index in [1.54, 1.807) is 12.1 Å². The summed E-state index contributed by atoms with van der Waals surface area (Å²) in [4.78, 5) is 21.2. The van der Waals surface area contributed by atoms with Gasteiger partial charge < -0.3 is 9.64 Å². The van der Waals surface area contributed by atoms with Crippen LogP contribution in [0.25, 0.3) is 0 Å². The lowest BCUT2D eigenvalue weighted by Gasteiger charge is -2.36. The van der Waals surface area contributed by atoms with Crippen molar-refractivity contribution in [2.45, 2.75) is 26.5 Å². The predicted octanol–water partition coefficient (Wildman–Crippen LogP) is 0.713. The number of nitriles is 1. The highest BCUT2D eigenvalue weighted by atomic mass is 16.5. The third kappa shape index (κ3) is 3.91. The minimum atomic E-state index is -0.0647. The van der Waals surface area contributed by atoms with Gasteiger partial charge in [0.1, 0.15) is 11.9 Å². The zero-order chi connectivity index (χ0) is 19.5. The molecule has 0 spiro atoms. The second-order valence-electron chi connectivity index (χ2n) is 7.24. The Morgan fingerprint density at radius 2 is 2.04 bits per heavy atom. The van der Waals surface area contributed by atoms with E-state index in [9.17, 15) is 10.1 Å². The Morgan fingerprint density at radius 3 is 2.82 bits per heavy atom. The molecule has 4 rings (SSSR count). The minimum absolute atomic E-state index is 0.0647. The van der Waals surface area contributed by atoms with Gasteiger partial charge in [0, 0.05) is 50.8 Å². The summed E-state index contributed by atoms with van der Waals surface area (Å²) < 4.78 is 7.01. The fourth-order valence-corrected chi connectivity index (χ4v) is 3.73. The van der Waals surface area contributed by atoms with E-state index >= 15 is 0 Å². The molecule has 0 saturated carbocycles. The van der Waals surface area contributed by atoms with E-state index in [-0.39, 0.29) is 5.56 Å². The van der Waals surface area contributed by atoms with Gasteiger partial charge in [0.2, 0.25) is 0 Å². The molecule has 0 aromatic carbocycles. The molecule has 2 aliphatic rings. The molecular formula is C20H24N6O2. The highest BCUT2D eigenvalue weighted by Gasteiger charge is 2.23. The molecule has 2 aromatic heterocycles. The molecule has 0 aliphatic carbocycles. The molecule has 146 valence electrons. The minimum Gasteiger partial charge on any atom is -0.376 e. The van der Waals surface area contributed by atoms with Crippen molar-refractivity contribution in [2.75, 3.05) is 44.2 Å². The van der Waals surface area contributed by atoms with Gasteiger partial charge in [-0.15, -0.1) is 0 Å². The third-order valence-electron chi connectivity index (χ3n) is 5.33. The molecule has 0 N–H and O–H groups in total. The number of hydrogen-bond acceptors (Lipinski definition) is 7. The van der Waals surface area contributed by atoms with E-state index in [4.69, 9.17) is 9.72 Å². The maximum absolute atomic E-state index is 11.9. The van der Waals surface area contributed by atoms with Crippen molar-refractivity contribution in [3.8, 4) is 6.07 Å². The topological polar surface area (TPSA) is 87.3 Å². The molecule has 0 unspecified atom stereocenters. The number of aromatic nitrogens is 3. The summed E-state index contributed by atoms with van der Waals surface area (Å²) in [6, 6.07) is 7.53. The number of aryl methyl sites for hydroxylation is 1. The van der Waals surface area contributed by atoms with Crippen molar-refractivity contribution in [3.05, 3.63) is 51.1 Å². The Bertz CT molecular complexity index is 956. The van der Waals surface area contributed by atoms with Crippen LogP contribution in [-0.4, -0.2) is 59.0 Å². The molecule has 1 fully saturated rings. The summed E-state index contributed by atoms with van der Waals surface area (Å²) >= 11 is 0. The van der Waals surface area contributed by atoms with Gasteiger partial charge in [-0.2, -0.15) is 10.4 Å². The predicted molar refractivity (Wildman–Crippen MR) is 104 cm³/mol. The van der Waals surface area contributed by atoms with Gasteiger partial charge >= 0.3 is 0 Å². The third-order valence-corrected chi connectivity index (χ3v) is 5.33. The van der Waals surface area contributed by atoms with Gasteiger partial charge in [0.15, 0.2) is 0 Å². The number of rotatable bonds is 4. The number of anilines is 1. The van der Waals surface area contributed by atoms with E-state index in [0.29, 0.717) is 25.3 Å². The quantitative estimate of drug-likeness (QED) is 0.772. The molecule has 28 heavy (non-hydrogen) atoms. The highest BCUT2D eigenvalue weighted by molar-refractivity contribution is 5.56. The lowest BCUT2D eigenvalue weighted by atomic mass is 10.1. The summed E-state index contributed by atoms with van der Waals surface area (Å²) in [6.45, 7) is 7.84.